The molecular formula is C15H30O3Si. The lowest BCUT2D eigenvalue weighted by Gasteiger charge is -2.42. The first kappa shape index (κ1) is 18.4. The Morgan fingerprint density at radius 1 is 1.21 bits per heavy atom. The number of ketones is 1. The summed E-state index contributed by atoms with van der Waals surface area (Å²) in [6.45, 7) is 14.1. The monoisotopic (exact) mass is 286 g/mol. The Kier molecular flexibility index (Phi) is 6.98. The van der Waals surface area contributed by atoms with Gasteiger partial charge in [-0.15, -0.1) is 0 Å². The molecule has 1 atom stereocenters. The Labute approximate surface area is 119 Å². The highest BCUT2D eigenvalue weighted by Gasteiger charge is 2.39. The molecule has 19 heavy (non-hydrogen) atoms. The lowest BCUT2D eigenvalue weighted by Crippen LogP contribution is -2.41. The number of Topliss-reactive ketones (excluding diaryl/α,β-unsaturated/α-hetero) is 1. The van der Waals surface area contributed by atoms with Crippen LogP contribution in [-0.4, -0.2) is 26.9 Å². The molecule has 0 saturated heterocycles. The maximum atomic E-state index is 11.6. The van der Waals surface area contributed by atoms with Crippen molar-refractivity contribution in [3.05, 3.63) is 0 Å². The van der Waals surface area contributed by atoms with Crippen molar-refractivity contribution < 1.29 is 14.3 Å². The fourth-order valence-electron chi connectivity index (χ4n) is 2.03. The third kappa shape index (κ3) is 5.89. The maximum Gasteiger partial charge on any atom is 0.313 e. The zero-order chi connectivity index (χ0) is 15.3. The Bertz CT molecular complexity index is 316. The van der Waals surface area contributed by atoms with E-state index in [-0.39, 0.29) is 12.2 Å². The zero-order valence-electron chi connectivity index (χ0n) is 13.6. The molecule has 0 aliphatic rings. The van der Waals surface area contributed by atoms with Gasteiger partial charge in [0, 0.05) is 6.42 Å². The molecule has 0 aliphatic heterocycles. The Morgan fingerprint density at radius 2 is 1.74 bits per heavy atom. The molecule has 0 radical (unpaired) electrons. The molecular weight excluding hydrogens is 256 g/mol. The lowest BCUT2D eigenvalue weighted by atomic mass is 10.1. The summed E-state index contributed by atoms with van der Waals surface area (Å²) in [5, 5.41) is 0.377. The minimum atomic E-state index is -1.32. The number of esters is 1. The van der Waals surface area contributed by atoms with Gasteiger partial charge >= 0.3 is 5.97 Å². The van der Waals surface area contributed by atoms with Crippen molar-refractivity contribution in [3.63, 3.8) is 0 Å². The van der Waals surface area contributed by atoms with E-state index in [1.807, 2.05) is 0 Å². The number of carbonyl (C=O) groups excluding carboxylic acids is 2. The van der Waals surface area contributed by atoms with Crippen molar-refractivity contribution in [2.45, 2.75) is 77.1 Å². The molecule has 0 rings (SSSR count). The minimum Gasteiger partial charge on any atom is -0.469 e. The van der Waals surface area contributed by atoms with Gasteiger partial charge in [-0.2, -0.15) is 0 Å². The van der Waals surface area contributed by atoms with Gasteiger partial charge < -0.3 is 4.74 Å². The van der Waals surface area contributed by atoms with Crippen LogP contribution in [0.4, 0.5) is 0 Å². The molecule has 0 aliphatic carbocycles. The summed E-state index contributed by atoms with van der Waals surface area (Å²) >= 11 is 0. The molecule has 0 saturated carbocycles. The Balaban J connectivity index is 4.15. The minimum absolute atomic E-state index is 0.00529. The van der Waals surface area contributed by atoms with Crippen molar-refractivity contribution in [1.82, 2.24) is 0 Å². The van der Waals surface area contributed by atoms with Crippen molar-refractivity contribution in [2.24, 2.45) is 0 Å². The van der Waals surface area contributed by atoms with Gasteiger partial charge in [0.25, 0.3) is 0 Å². The third-order valence-electron chi connectivity index (χ3n) is 4.83. The van der Waals surface area contributed by atoms with E-state index in [1.54, 1.807) is 0 Å². The van der Waals surface area contributed by atoms with Crippen molar-refractivity contribution in [1.29, 1.82) is 0 Å². The highest BCUT2D eigenvalue weighted by Crippen LogP contribution is 2.45. The third-order valence-corrected chi connectivity index (χ3v) is 11.4. The van der Waals surface area contributed by atoms with E-state index in [2.05, 4.69) is 45.5 Å². The van der Waals surface area contributed by atoms with Crippen LogP contribution in [0.3, 0.4) is 0 Å². The molecule has 112 valence electrons. The van der Waals surface area contributed by atoms with Gasteiger partial charge in [-0.1, -0.05) is 47.2 Å². The smallest absolute Gasteiger partial charge is 0.313 e. The molecule has 0 aromatic heterocycles. The van der Waals surface area contributed by atoms with Gasteiger partial charge in [-0.25, -0.2) is 0 Å². The summed E-state index contributed by atoms with van der Waals surface area (Å²) < 4.78 is 4.49. The average molecular weight is 286 g/mol. The molecule has 0 N–H and O–H groups in total. The molecule has 0 spiro atoms. The normalized spacial score (nSPS) is 14.1. The van der Waals surface area contributed by atoms with Gasteiger partial charge in [-0.05, 0) is 17.0 Å². The fraction of sp³-hybridized carbons (Fsp3) is 0.867. The highest BCUT2D eigenvalue weighted by molar-refractivity contribution is 6.81. The summed E-state index contributed by atoms with van der Waals surface area (Å²) in [6.07, 6.45) is 2.37. The number of hydrogen-bond acceptors (Lipinski definition) is 3. The molecule has 0 fully saturated rings. The summed E-state index contributed by atoms with van der Waals surface area (Å²) in [4.78, 5) is 22.5. The molecule has 4 heteroatoms. The quantitative estimate of drug-likeness (QED) is 0.400. The summed E-state index contributed by atoms with van der Waals surface area (Å²) in [7, 11) is -0.00751. The number of ether oxygens (including phenoxy) is 1. The van der Waals surface area contributed by atoms with Crippen LogP contribution in [0.15, 0.2) is 0 Å². The fourth-order valence-corrected chi connectivity index (χ4v) is 4.43. The molecule has 0 aromatic carbocycles. The first-order valence-corrected chi connectivity index (χ1v) is 10.2. The van der Waals surface area contributed by atoms with Crippen LogP contribution < -0.4 is 0 Å². The van der Waals surface area contributed by atoms with E-state index in [4.69, 9.17) is 0 Å². The van der Waals surface area contributed by atoms with Crippen molar-refractivity contribution in [2.75, 3.05) is 7.11 Å². The van der Waals surface area contributed by atoms with Gasteiger partial charge in [0.2, 0.25) is 0 Å². The number of rotatable bonds is 7. The highest BCUT2D eigenvalue weighted by atomic mass is 28.3. The van der Waals surface area contributed by atoms with Crippen LogP contribution in [0.25, 0.3) is 0 Å². The molecule has 0 amide bonds. The first-order chi connectivity index (χ1) is 8.52. The Hall–Kier alpha value is -0.643. The van der Waals surface area contributed by atoms with E-state index >= 15 is 0 Å². The van der Waals surface area contributed by atoms with Gasteiger partial charge in [0.1, 0.15) is 12.2 Å². The second kappa shape index (κ2) is 7.22. The predicted octanol–water partition coefficient (Wildman–Crippen LogP) is 4.19. The first-order valence-electron chi connectivity index (χ1n) is 7.11. The van der Waals surface area contributed by atoms with Gasteiger partial charge in [0.15, 0.2) is 0 Å². The molecule has 0 bridgehead atoms. The van der Waals surface area contributed by atoms with E-state index in [0.717, 1.165) is 12.8 Å². The van der Waals surface area contributed by atoms with Crippen molar-refractivity contribution in [3.8, 4) is 0 Å². The van der Waals surface area contributed by atoms with E-state index < -0.39 is 14.0 Å². The van der Waals surface area contributed by atoms with Crippen LogP contribution in [0.1, 0.15) is 53.4 Å². The van der Waals surface area contributed by atoms with Gasteiger partial charge in [-0.3, -0.25) is 9.59 Å². The number of carbonyl (C=O) groups is 2. The molecule has 0 unspecified atom stereocenters. The van der Waals surface area contributed by atoms with E-state index in [9.17, 15) is 9.59 Å². The summed E-state index contributed by atoms with van der Waals surface area (Å²) in [5.74, 6) is -0.434. The average Bonchev–Trinajstić information content (AvgIpc) is 2.26. The van der Waals surface area contributed by atoms with Crippen LogP contribution in [-0.2, 0) is 14.3 Å². The number of methoxy groups -OCH3 is 1. The zero-order valence-corrected chi connectivity index (χ0v) is 14.6. The largest absolute Gasteiger partial charge is 0.469 e. The van der Waals surface area contributed by atoms with Crippen molar-refractivity contribution >= 4 is 19.8 Å². The van der Waals surface area contributed by atoms with Crippen LogP contribution >= 0.6 is 0 Å². The molecule has 0 heterocycles. The second-order valence-electron chi connectivity index (χ2n) is 7.06. The SMILES string of the molecule is COC(=O)CC(=O)CCC[C@@H](C)[Si](C)(C)C(C)(C)C. The molecule has 0 aromatic rings. The van der Waals surface area contributed by atoms with Crippen LogP contribution in [0.5, 0.6) is 0 Å². The van der Waals surface area contributed by atoms with E-state index in [0.29, 0.717) is 17.0 Å². The maximum absolute atomic E-state index is 11.6. The lowest BCUT2D eigenvalue weighted by molar-refractivity contribution is -0.143. The van der Waals surface area contributed by atoms with Crippen LogP contribution in [0.2, 0.25) is 23.7 Å². The summed E-state index contributed by atoms with van der Waals surface area (Å²) in [6, 6.07) is 0. The summed E-state index contributed by atoms with van der Waals surface area (Å²) in [5.41, 5.74) is 0.679. The molecule has 3 nitrogen and oxygen atoms in total. The van der Waals surface area contributed by atoms with Gasteiger partial charge in [0.05, 0.1) is 15.2 Å². The van der Waals surface area contributed by atoms with E-state index in [1.165, 1.54) is 7.11 Å². The van der Waals surface area contributed by atoms with Crippen LogP contribution in [0, 0.1) is 0 Å². The standard InChI is InChI=1S/C15H30O3Si/c1-12(19(6,7)15(2,3)4)9-8-10-13(16)11-14(17)18-5/h12H,8-11H2,1-7H3/t12-/m1/s1. The predicted molar refractivity (Wildman–Crippen MR) is 82.1 cm³/mol. The Morgan fingerprint density at radius 3 is 2.16 bits per heavy atom. The number of hydrogen-bond donors (Lipinski definition) is 0. The topological polar surface area (TPSA) is 43.4 Å². The second-order valence-corrected chi connectivity index (χ2v) is 13.0.